The van der Waals surface area contributed by atoms with Crippen molar-refractivity contribution >= 4 is 5.78 Å². The number of hydrogen-bond donors (Lipinski definition) is 1. The van der Waals surface area contributed by atoms with Crippen molar-refractivity contribution in [2.75, 3.05) is 6.61 Å². The van der Waals surface area contributed by atoms with Crippen LogP contribution in [0.1, 0.15) is 64.7 Å². The normalized spacial score (nSPS) is 12.5. The quantitative estimate of drug-likeness (QED) is 0.268. The zero-order chi connectivity index (χ0) is 16.3. The molecule has 0 saturated heterocycles. The number of aliphatic hydroxyl groups is 1. The van der Waals surface area contributed by atoms with Gasteiger partial charge < -0.3 is 5.11 Å². The van der Waals surface area contributed by atoms with Gasteiger partial charge in [0.15, 0.2) is 5.78 Å². The van der Waals surface area contributed by atoms with Crippen LogP contribution in [0.4, 0.5) is 0 Å². The second-order valence-corrected chi connectivity index (χ2v) is 5.35. The minimum Gasteiger partial charge on any atom is -0.392 e. The van der Waals surface area contributed by atoms with Crippen molar-refractivity contribution in [2.45, 2.75) is 64.7 Å². The zero-order valence-corrected chi connectivity index (χ0v) is 14.0. The molecule has 0 amide bonds. The first-order chi connectivity index (χ1) is 10.8. The summed E-state index contributed by atoms with van der Waals surface area (Å²) in [6.45, 7) is 2.14. The molecule has 0 bridgehead atoms. The van der Waals surface area contributed by atoms with Gasteiger partial charge in [-0.3, -0.25) is 4.79 Å². The van der Waals surface area contributed by atoms with Gasteiger partial charge in [-0.25, -0.2) is 0 Å². The summed E-state index contributed by atoms with van der Waals surface area (Å²) in [5.74, 6) is -0.0519. The van der Waals surface area contributed by atoms with Crippen molar-refractivity contribution < 1.29 is 9.90 Å². The highest BCUT2D eigenvalue weighted by atomic mass is 16.2. The average Bonchev–Trinajstić information content (AvgIpc) is 2.53. The number of rotatable bonds is 14. The molecule has 0 aliphatic heterocycles. The topological polar surface area (TPSA) is 37.3 Å². The standard InChI is InChI=1S/C20H32O2/c1-2-3-4-5-6-7-8-9-10-11-12-13-14-15-17-20(22)18-16-19-21/h5-6,8-9,15-18,21H,2-4,7,10-14,19H2,1H3/b6-5-,9-8-,17-15+,18-16+. The number of hydrogen-bond acceptors (Lipinski definition) is 2. The second-order valence-electron chi connectivity index (χ2n) is 5.35. The molecular formula is C20H32O2. The summed E-state index contributed by atoms with van der Waals surface area (Å²) in [7, 11) is 0. The molecule has 1 N–H and O–H groups in total. The third-order valence-electron chi connectivity index (χ3n) is 3.24. The molecule has 0 aromatic heterocycles. The molecule has 0 aliphatic rings. The van der Waals surface area contributed by atoms with Gasteiger partial charge in [0.1, 0.15) is 0 Å². The van der Waals surface area contributed by atoms with Crippen LogP contribution in [0.2, 0.25) is 0 Å². The van der Waals surface area contributed by atoms with Gasteiger partial charge in [0.25, 0.3) is 0 Å². The number of carbonyl (C=O) groups is 1. The molecule has 0 heterocycles. The summed E-state index contributed by atoms with van der Waals surface area (Å²) in [5.41, 5.74) is 0. The number of allylic oxidation sites excluding steroid dienone is 7. The van der Waals surface area contributed by atoms with Crippen LogP contribution in [0.25, 0.3) is 0 Å². The highest BCUT2D eigenvalue weighted by Gasteiger charge is 1.89. The minimum absolute atomic E-state index is 0.0519. The molecule has 0 atom stereocenters. The third-order valence-corrected chi connectivity index (χ3v) is 3.24. The van der Waals surface area contributed by atoms with Crippen molar-refractivity contribution in [3.05, 3.63) is 48.6 Å². The molecular weight excluding hydrogens is 272 g/mol. The lowest BCUT2D eigenvalue weighted by atomic mass is 10.1. The van der Waals surface area contributed by atoms with E-state index in [2.05, 4.69) is 31.2 Å². The average molecular weight is 304 g/mol. The minimum atomic E-state index is -0.0817. The van der Waals surface area contributed by atoms with E-state index < -0.39 is 0 Å². The van der Waals surface area contributed by atoms with E-state index in [9.17, 15) is 4.79 Å². The van der Waals surface area contributed by atoms with E-state index in [0.717, 1.165) is 25.7 Å². The van der Waals surface area contributed by atoms with Crippen LogP contribution >= 0.6 is 0 Å². The maximum atomic E-state index is 11.2. The number of ketones is 1. The van der Waals surface area contributed by atoms with Gasteiger partial charge in [-0.05, 0) is 50.7 Å². The first-order valence-electron chi connectivity index (χ1n) is 8.59. The summed E-state index contributed by atoms with van der Waals surface area (Å²) in [6, 6.07) is 0. The number of aliphatic hydroxyl groups excluding tert-OH is 1. The van der Waals surface area contributed by atoms with Gasteiger partial charge in [-0.1, -0.05) is 62.6 Å². The van der Waals surface area contributed by atoms with Gasteiger partial charge in [-0.2, -0.15) is 0 Å². The Balaban J connectivity index is 3.39. The molecule has 0 unspecified atom stereocenters. The van der Waals surface area contributed by atoms with Crippen LogP contribution in [-0.2, 0) is 4.79 Å². The van der Waals surface area contributed by atoms with Gasteiger partial charge in [-0.15, -0.1) is 0 Å². The van der Waals surface area contributed by atoms with Crippen molar-refractivity contribution in [1.29, 1.82) is 0 Å². The van der Waals surface area contributed by atoms with Gasteiger partial charge >= 0.3 is 0 Å². The van der Waals surface area contributed by atoms with E-state index in [-0.39, 0.29) is 12.4 Å². The Kier molecular flexibility index (Phi) is 16.5. The lowest BCUT2D eigenvalue weighted by Crippen LogP contribution is -1.86. The molecule has 0 fully saturated rings. The Labute approximate surface area is 136 Å². The predicted octanol–water partition coefficient (Wildman–Crippen LogP) is 5.30. The Morgan fingerprint density at radius 2 is 1.36 bits per heavy atom. The number of unbranched alkanes of at least 4 members (excludes halogenated alkanes) is 6. The number of carbonyl (C=O) groups excluding carboxylic acids is 1. The highest BCUT2D eigenvalue weighted by Crippen LogP contribution is 2.05. The van der Waals surface area contributed by atoms with Crippen LogP contribution in [0.15, 0.2) is 48.6 Å². The van der Waals surface area contributed by atoms with E-state index in [4.69, 9.17) is 5.11 Å². The van der Waals surface area contributed by atoms with Gasteiger partial charge in [0, 0.05) is 0 Å². The Morgan fingerprint density at radius 1 is 0.773 bits per heavy atom. The second kappa shape index (κ2) is 17.6. The molecule has 0 radical (unpaired) electrons. The zero-order valence-electron chi connectivity index (χ0n) is 14.0. The summed E-state index contributed by atoms with van der Waals surface area (Å²) < 4.78 is 0. The monoisotopic (exact) mass is 304 g/mol. The van der Waals surface area contributed by atoms with E-state index in [1.807, 2.05) is 6.08 Å². The predicted molar refractivity (Wildman–Crippen MR) is 95.9 cm³/mol. The summed E-state index contributed by atoms with van der Waals surface area (Å²) >= 11 is 0. The molecule has 2 nitrogen and oxygen atoms in total. The van der Waals surface area contributed by atoms with Crippen molar-refractivity contribution in [3.63, 3.8) is 0 Å². The lowest BCUT2D eigenvalue weighted by Gasteiger charge is -1.95. The maximum Gasteiger partial charge on any atom is 0.178 e. The van der Waals surface area contributed by atoms with Crippen molar-refractivity contribution in [2.24, 2.45) is 0 Å². The Bertz CT molecular complexity index is 362. The fourth-order valence-corrected chi connectivity index (χ4v) is 1.95. The Morgan fingerprint density at radius 3 is 2.00 bits per heavy atom. The lowest BCUT2D eigenvalue weighted by molar-refractivity contribution is -0.110. The molecule has 2 heteroatoms. The summed E-state index contributed by atoms with van der Waals surface area (Å²) in [6.07, 6.45) is 25.8. The SMILES string of the molecule is CCCC/C=C\C/C=C\CCCCC/C=C/C(=O)/C=C/CO. The van der Waals surface area contributed by atoms with Crippen LogP contribution in [0.5, 0.6) is 0 Å². The van der Waals surface area contributed by atoms with Crippen LogP contribution in [0, 0.1) is 0 Å². The molecule has 0 aromatic carbocycles. The molecule has 0 aliphatic carbocycles. The molecule has 0 aromatic rings. The smallest absolute Gasteiger partial charge is 0.178 e. The van der Waals surface area contributed by atoms with E-state index in [1.165, 1.54) is 44.3 Å². The first-order valence-corrected chi connectivity index (χ1v) is 8.59. The molecule has 0 rings (SSSR count). The highest BCUT2D eigenvalue weighted by molar-refractivity contribution is 5.99. The van der Waals surface area contributed by atoms with Crippen molar-refractivity contribution in [1.82, 2.24) is 0 Å². The summed E-state index contributed by atoms with van der Waals surface area (Å²) in [4.78, 5) is 11.2. The fourth-order valence-electron chi connectivity index (χ4n) is 1.95. The maximum absolute atomic E-state index is 11.2. The van der Waals surface area contributed by atoms with E-state index in [0.29, 0.717) is 0 Å². The van der Waals surface area contributed by atoms with Crippen LogP contribution in [-0.4, -0.2) is 17.5 Å². The van der Waals surface area contributed by atoms with Gasteiger partial charge in [0.2, 0.25) is 0 Å². The van der Waals surface area contributed by atoms with Crippen LogP contribution < -0.4 is 0 Å². The van der Waals surface area contributed by atoms with Gasteiger partial charge in [0.05, 0.1) is 6.61 Å². The third kappa shape index (κ3) is 16.6. The largest absolute Gasteiger partial charge is 0.392 e. The van der Waals surface area contributed by atoms with E-state index in [1.54, 1.807) is 6.08 Å². The first kappa shape index (κ1) is 20.6. The van der Waals surface area contributed by atoms with Crippen molar-refractivity contribution in [3.8, 4) is 0 Å². The Hall–Kier alpha value is -1.41. The molecule has 22 heavy (non-hydrogen) atoms. The van der Waals surface area contributed by atoms with Crippen LogP contribution in [0.3, 0.4) is 0 Å². The molecule has 0 spiro atoms. The fraction of sp³-hybridized carbons (Fsp3) is 0.550. The van der Waals surface area contributed by atoms with E-state index >= 15 is 0 Å². The summed E-state index contributed by atoms with van der Waals surface area (Å²) in [5, 5.41) is 8.54. The molecule has 0 saturated carbocycles. The molecule has 124 valence electrons.